The minimum atomic E-state index is -1.38. The first-order valence-electron chi connectivity index (χ1n) is 8.81. The molecule has 4 rings (SSSR count). The second kappa shape index (κ2) is 8.22. The van der Waals surface area contributed by atoms with Crippen molar-refractivity contribution in [1.82, 2.24) is 9.47 Å². The number of thiocarbonyl (C=S) groups is 1. The lowest BCUT2D eigenvalue weighted by Gasteiger charge is -2.14. The predicted octanol–water partition coefficient (Wildman–Crippen LogP) is 3.43. The zero-order valence-electron chi connectivity index (χ0n) is 15.3. The number of carbonyl (C=O) groups excluding carboxylic acids is 2. The van der Waals surface area contributed by atoms with Gasteiger partial charge >= 0.3 is 0 Å². The Labute approximate surface area is 185 Å². The van der Waals surface area contributed by atoms with Crippen molar-refractivity contribution in [2.24, 2.45) is 0 Å². The van der Waals surface area contributed by atoms with Crippen LogP contribution in [0.2, 0.25) is 5.02 Å². The molecular weight excluding hydrogens is 447 g/mol. The van der Waals surface area contributed by atoms with E-state index in [2.05, 4.69) is 0 Å². The predicted molar refractivity (Wildman–Crippen MR) is 117 cm³/mol. The summed E-state index contributed by atoms with van der Waals surface area (Å²) in [7, 11) is 0. The number of aliphatic carboxylic acids is 1. The third-order valence-electron chi connectivity index (χ3n) is 4.66. The zero-order chi connectivity index (χ0) is 21.4. The van der Waals surface area contributed by atoms with Crippen LogP contribution in [0.5, 0.6) is 0 Å². The molecule has 0 bridgehead atoms. The number of thioether (sulfide) groups is 1. The number of benzene rings is 2. The van der Waals surface area contributed by atoms with Crippen LogP contribution in [0.3, 0.4) is 0 Å². The van der Waals surface area contributed by atoms with Crippen LogP contribution in [0.4, 0.5) is 4.39 Å². The summed E-state index contributed by atoms with van der Waals surface area (Å²) >= 11 is 12.3. The van der Waals surface area contributed by atoms with Gasteiger partial charge in [0.25, 0.3) is 5.91 Å². The van der Waals surface area contributed by atoms with Crippen molar-refractivity contribution in [3.63, 3.8) is 0 Å². The van der Waals surface area contributed by atoms with Crippen molar-refractivity contribution in [2.45, 2.75) is 6.54 Å². The summed E-state index contributed by atoms with van der Waals surface area (Å²) in [6.07, 6.45) is 3.47. The number of para-hydroxylation sites is 1. The van der Waals surface area contributed by atoms with Crippen LogP contribution >= 0.6 is 35.6 Å². The Balaban J connectivity index is 1.75. The molecular formula is C21H13ClFN2O3S2-. The first-order chi connectivity index (χ1) is 14.3. The smallest absolute Gasteiger partial charge is 0.266 e. The minimum Gasteiger partial charge on any atom is -0.548 e. The summed E-state index contributed by atoms with van der Waals surface area (Å²) in [5, 5.41) is 12.1. The van der Waals surface area contributed by atoms with Crippen LogP contribution < -0.4 is 5.11 Å². The maximum absolute atomic E-state index is 14.3. The van der Waals surface area contributed by atoms with Gasteiger partial charge in [-0.1, -0.05) is 59.8 Å². The lowest BCUT2D eigenvalue weighted by Crippen LogP contribution is -2.40. The number of rotatable bonds is 5. The molecule has 5 nitrogen and oxygen atoms in total. The van der Waals surface area contributed by atoms with E-state index in [-0.39, 0.29) is 10.9 Å². The van der Waals surface area contributed by atoms with E-state index in [1.807, 2.05) is 28.8 Å². The van der Waals surface area contributed by atoms with E-state index in [0.29, 0.717) is 15.5 Å². The van der Waals surface area contributed by atoms with Crippen molar-refractivity contribution in [1.29, 1.82) is 0 Å². The maximum Gasteiger partial charge on any atom is 0.266 e. The van der Waals surface area contributed by atoms with Crippen molar-refractivity contribution in [3.05, 3.63) is 75.5 Å². The molecule has 1 fully saturated rings. The van der Waals surface area contributed by atoms with Crippen LogP contribution in [-0.2, 0) is 16.1 Å². The van der Waals surface area contributed by atoms with Gasteiger partial charge in [-0.05, 0) is 24.3 Å². The van der Waals surface area contributed by atoms with Gasteiger partial charge in [0.15, 0.2) is 0 Å². The van der Waals surface area contributed by atoms with Crippen molar-refractivity contribution < 1.29 is 19.1 Å². The summed E-state index contributed by atoms with van der Waals surface area (Å²) in [6, 6.07) is 12.1. The molecule has 9 heteroatoms. The molecule has 0 atom stereocenters. The molecule has 0 saturated carbocycles. The highest BCUT2D eigenvalue weighted by Crippen LogP contribution is 2.34. The van der Waals surface area contributed by atoms with E-state index < -0.39 is 24.2 Å². The lowest BCUT2D eigenvalue weighted by molar-refractivity contribution is -0.305. The summed E-state index contributed by atoms with van der Waals surface area (Å²) in [6.45, 7) is -0.374. The monoisotopic (exact) mass is 459 g/mol. The highest BCUT2D eigenvalue weighted by atomic mass is 35.5. The van der Waals surface area contributed by atoms with Gasteiger partial charge in [-0.3, -0.25) is 9.69 Å². The zero-order valence-corrected chi connectivity index (χ0v) is 17.7. The molecule has 1 saturated heterocycles. The van der Waals surface area contributed by atoms with Crippen LogP contribution in [0, 0.1) is 5.82 Å². The molecule has 30 heavy (non-hydrogen) atoms. The van der Waals surface area contributed by atoms with Crippen LogP contribution in [-0.4, -0.2) is 32.2 Å². The maximum atomic E-state index is 14.3. The number of halogens is 2. The number of fused-ring (bicyclic) bond motifs is 1. The molecule has 0 spiro atoms. The first-order valence-corrected chi connectivity index (χ1v) is 10.4. The van der Waals surface area contributed by atoms with Gasteiger partial charge in [-0.15, -0.1) is 0 Å². The Morgan fingerprint density at radius 1 is 1.23 bits per heavy atom. The normalized spacial score (nSPS) is 15.5. The Morgan fingerprint density at radius 3 is 2.73 bits per heavy atom. The quantitative estimate of drug-likeness (QED) is 0.432. The third-order valence-corrected chi connectivity index (χ3v) is 6.39. The van der Waals surface area contributed by atoms with Crippen LogP contribution in [0.25, 0.3) is 17.0 Å². The lowest BCUT2D eigenvalue weighted by atomic mass is 10.1. The van der Waals surface area contributed by atoms with Gasteiger partial charge in [-0.25, -0.2) is 4.39 Å². The number of hydrogen-bond donors (Lipinski definition) is 0. The molecule has 2 aromatic carbocycles. The summed E-state index contributed by atoms with van der Waals surface area (Å²) in [5.74, 6) is -2.26. The molecule has 152 valence electrons. The van der Waals surface area contributed by atoms with Gasteiger partial charge in [0.2, 0.25) is 0 Å². The minimum absolute atomic E-state index is 0.164. The van der Waals surface area contributed by atoms with E-state index in [0.717, 1.165) is 33.1 Å². The van der Waals surface area contributed by atoms with Crippen molar-refractivity contribution in [3.8, 4) is 0 Å². The third kappa shape index (κ3) is 3.86. The Hall–Kier alpha value is -2.68. The van der Waals surface area contributed by atoms with Gasteiger partial charge in [0.1, 0.15) is 10.1 Å². The molecule has 1 amide bonds. The number of aromatic nitrogens is 1. The van der Waals surface area contributed by atoms with Gasteiger partial charge in [-0.2, -0.15) is 0 Å². The second-order valence-corrected chi connectivity index (χ2v) is 8.65. The van der Waals surface area contributed by atoms with E-state index >= 15 is 0 Å². The molecule has 1 aliphatic heterocycles. The summed E-state index contributed by atoms with van der Waals surface area (Å²) in [4.78, 5) is 24.8. The van der Waals surface area contributed by atoms with Gasteiger partial charge in [0.05, 0.1) is 24.0 Å². The van der Waals surface area contributed by atoms with Crippen LogP contribution in [0.15, 0.2) is 53.6 Å². The molecule has 3 aromatic rings. The molecule has 1 aromatic heterocycles. The average molecular weight is 460 g/mol. The summed E-state index contributed by atoms with van der Waals surface area (Å²) < 4.78 is 16.3. The molecule has 1 aliphatic rings. The number of nitrogens with zero attached hydrogens (tertiary/aromatic N) is 2. The molecule has 0 aliphatic carbocycles. The van der Waals surface area contributed by atoms with Crippen molar-refractivity contribution in [2.75, 3.05) is 6.54 Å². The van der Waals surface area contributed by atoms with E-state index in [4.69, 9.17) is 23.8 Å². The fourth-order valence-electron chi connectivity index (χ4n) is 3.28. The van der Waals surface area contributed by atoms with E-state index in [1.54, 1.807) is 24.4 Å². The topological polar surface area (TPSA) is 65.4 Å². The standard InChI is InChI=1S/C21H14ClFN2O3S2/c22-15-5-3-6-16(23)14(15)10-24-9-12(13-4-1-2-7-17(13)24)8-18-20(28)25(11-19(26)27)21(29)30-18/h1-9H,10-11H2,(H,26,27)/p-1/b18-8-. The number of carboxylic acids is 1. The fraction of sp³-hybridized carbons (Fsp3) is 0.0952. The fourth-order valence-corrected chi connectivity index (χ4v) is 4.75. The van der Waals surface area contributed by atoms with E-state index in [9.17, 15) is 19.1 Å². The summed E-state index contributed by atoms with van der Waals surface area (Å²) in [5.41, 5.74) is 1.94. The molecule has 0 radical (unpaired) electrons. The highest BCUT2D eigenvalue weighted by molar-refractivity contribution is 8.26. The molecule has 2 heterocycles. The largest absolute Gasteiger partial charge is 0.548 e. The van der Waals surface area contributed by atoms with E-state index in [1.165, 1.54) is 6.07 Å². The number of amides is 1. The molecule has 0 unspecified atom stereocenters. The van der Waals surface area contributed by atoms with Gasteiger partial charge in [0, 0.05) is 33.2 Å². The average Bonchev–Trinajstić information content (AvgIpc) is 3.17. The number of carboxylic acid groups (broad SMARTS) is 1. The Kier molecular flexibility index (Phi) is 5.64. The number of hydrogen-bond acceptors (Lipinski definition) is 5. The Bertz CT molecular complexity index is 1220. The SMILES string of the molecule is O=C([O-])CN1C(=O)/C(=C/c2cn(Cc3c(F)cccc3Cl)c3ccccc23)SC1=S. The number of carbonyl (C=O) groups is 2. The molecule has 0 N–H and O–H groups in total. The Morgan fingerprint density at radius 2 is 2.00 bits per heavy atom. The second-order valence-electron chi connectivity index (χ2n) is 6.57. The van der Waals surface area contributed by atoms with Crippen molar-refractivity contribution >= 4 is 68.8 Å². The van der Waals surface area contributed by atoms with Gasteiger partial charge < -0.3 is 14.5 Å². The van der Waals surface area contributed by atoms with Crippen LogP contribution in [0.1, 0.15) is 11.1 Å². The first kappa shape index (κ1) is 20.6. The highest BCUT2D eigenvalue weighted by Gasteiger charge is 2.32.